The molecule has 2 aromatic rings. The second-order valence-electron chi connectivity index (χ2n) is 5.12. The second kappa shape index (κ2) is 8.22. The zero-order chi connectivity index (χ0) is 14.9. The summed E-state index contributed by atoms with van der Waals surface area (Å²) in [6.45, 7) is 0.378. The molecular formula is C18H22N2O. The van der Waals surface area contributed by atoms with Crippen LogP contribution in [0.4, 0.5) is 5.69 Å². The molecule has 0 unspecified atom stereocenters. The summed E-state index contributed by atoms with van der Waals surface area (Å²) in [6.07, 6.45) is 3.63. The molecule has 0 saturated heterocycles. The first kappa shape index (κ1) is 15.3. The van der Waals surface area contributed by atoms with E-state index in [2.05, 4.69) is 41.7 Å². The minimum absolute atomic E-state index is 0.0330. The van der Waals surface area contributed by atoms with Crippen molar-refractivity contribution in [1.82, 2.24) is 0 Å². The van der Waals surface area contributed by atoms with Crippen LogP contribution in [-0.2, 0) is 17.6 Å². The Morgan fingerprint density at radius 3 is 2.14 bits per heavy atom. The summed E-state index contributed by atoms with van der Waals surface area (Å²) in [4.78, 5) is 11.4. The molecule has 0 heterocycles. The first-order valence-corrected chi connectivity index (χ1v) is 7.41. The van der Waals surface area contributed by atoms with Crippen molar-refractivity contribution in [2.24, 2.45) is 5.73 Å². The Morgan fingerprint density at radius 1 is 0.905 bits per heavy atom. The molecule has 0 aliphatic rings. The minimum Gasteiger partial charge on any atom is -0.330 e. The van der Waals surface area contributed by atoms with Gasteiger partial charge in [0.15, 0.2) is 0 Å². The predicted octanol–water partition coefficient (Wildman–Crippen LogP) is 3.15. The summed E-state index contributed by atoms with van der Waals surface area (Å²) in [7, 11) is 0. The standard InChI is InChI=1S/C18H22N2O/c19-14-13-18(21)20-17-11-9-16(10-12-17)8-4-7-15-5-2-1-3-6-15/h1-3,5-6,9-12H,4,7-8,13-14,19H2,(H,20,21). The molecule has 0 saturated carbocycles. The maximum Gasteiger partial charge on any atom is 0.225 e. The van der Waals surface area contributed by atoms with Crippen molar-refractivity contribution in [3.8, 4) is 0 Å². The van der Waals surface area contributed by atoms with E-state index < -0.39 is 0 Å². The fraction of sp³-hybridized carbons (Fsp3) is 0.278. The van der Waals surface area contributed by atoms with Gasteiger partial charge in [-0.15, -0.1) is 0 Å². The lowest BCUT2D eigenvalue weighted by Gasteiger charge is -2.06. The SMILES string of the molecule is NCCC(=O)Nc1ccc(CCCc2ccccc2)cc1. The molecule has 3 nitrogen and oxygen atoms in total. The van der Waals surface area contributed by atoms with Crippen molar-refractivity contribution in [3.63, 3.8) is 0 Å². The minimum atomic E-state index is -0.0330. The van der Waals surface area contributed by atoms with Crippen LogP contribution in [0.2, 0.25) is 0 Å². The third-order valence-corrected chi connectivity index (χ3v) is 3.38. The van der Waals surface area contributed by atoms with Gasteiger partial charge in [0.1, 0.15) is 0 Å². The molecule has 0 fully saturated rings. The van der Waals surface area contributed by atoms with Crippen molar-refractivity contribution in [2.75, 3.05) is 11.9 Å². The van der Waals surface area contributed by atoms with Gasteiger partial charge in [-0.05, 0) is 42.5 Å². The number of nitrogens with one attached hydrogen (secondary N) is 1. The Bertz CT molecular complexity index is 549. The molecule has 110 valence electrons. The topological polar surface area (TPSA) is 55.1 Å². The average molecular weight is 282 g/mol. The smallest absolute Gasteiger partial charge is 0.225 e. The van der Waals surface area contributed by atoms with Crippen LogP contribution in [0, 0.1) is 0 Å². The lowest BCUT2D eigenvalue weighted by molar-refractivity contribution is -0.116. The van der Waals surface area contributed by atoms with E-state index in [-0.39, 0.29) is 5.91 Å². The summed E-state index contributed by atoms with van der Waals surface area (Å²) in [5.41, 5.74) is 8.85. The number of carbonyl (C=O) groups excluding carboxylic acids is 1. The second-order valence-corrected chi connectivity index (χ2v) is 5.12. The summed E-state index contributed by atoms with van der Waals surface area (Å²) >= 11 is 0. The monoisotopic (exact) mass is 282 g/mol. The quantitative estimate of drug-likeness (QED) is 0.819. The highest BCUT2D eigenvalue weighted by Crippen LogP contribution is 2.13. The summed E-state index contributed by atoms with van der Waals surface area (Å²) in [5.74, 6) is -0.0330. The van der Waals surface area contributed by atoms with Gasteiger partial charge in [0.05, 0.1) is 0 Å². The van der Waals surface area contributed by atoms with Gasteiger partial charge in [0, 0.05) is 18.7 Å². The number of nitrogens with two attached hydrogens (primary N) is 1. The van der Waals surface area contributed by atoms with E-state index in [4.69, 9.17) is 5.73 Å². The molecule has 2 rings (SSSR count). The van der Waals surface area contributed by atoms with Gasteiger partial charge in [-0.25, -0.2) is 0 Å². The van der Waals surface area contributed by atoms with Gasteiger partial charge in [-0.1, -0.05) is 42.5 Å². The molecule has 0 atom stereocenters. The molecule has 0 spiro atoms. The number of benzene rings is 2. The zero-order valence-electron chi connectivity index (χ0n) is 12.2. The Kier molecular flexibility index (Phi) is 5.98. The van der Waals surface area contributed by atoms with Gasteiger partial charge in [0.2, 0.25) is 5.91 Å². The molecular weight excluding hydrogens is 260 g/mol. The van der Waals surface area contributed by atoms with E-state index in [0.29, 0.717) is 13.0 Å². The van der Waals surface area contributed by atoms with E-state index >= 15 is 0 Å². The Morgan fingerprint density at radius 2 is 1.52 bits per heavy atom. The highest BCUT2D eigenvalue weighted by molar-refractivity contribution is 5.90. The highest BCUT2D eigenvalue weighted by Gasteiger charge is 2.01. The lowest BCUT2D eigenvalue weighted by atomic mass is 10.0. The van der Waals surface area contributed by atoms with Crippen LogP contribution in [0.3, 0.4) is 0 Å². The molecule has 21 heavy (non-hydrogen) atoms. The van der Waals surface area contributed by atoms with Crippen LogP contribution in [-0.4, -0.2) is 12.5 Å². The molecule has 3 N–H and O–H groups in total. The third kappa shape index (κ3) is 5.40. The van der Waals surface area contributed by atoms with Crippen LogP contribution in [0.15, 0.2) is 54.6 Å². The first-order valence-electron chi connectivity index (χ1n) is 7.41. The predicted molar refractivity (Wildman–Crippen MR) is 87.2 cm³/mol. The van der Waals surface area contributed by atoms with Gasteiger partial charge in [-0.2, -0.15) is 0 Å². The van der Waals surface area contributed by atoms with Crippen LogP contribution in [0.5, 0.6) is 0 Å². The first-order chi connectivity index (χ1) is 10.3. The Labute approximate surface area is 126 Å². The van der Waals surface area contributed by atoms with Crippen LogP contribution in [0.25, 0.3) is 0 Å². The van der Waals surface area contributed by atoms with Crippen molar-refractivity contribution in [3.05, 3.63) is 65.7 Å². The number of amides is 1. The van der Waals surface area contributed by atoms with Gasteiger partial charge in [0.25, 0.3) is 0 Å². The zero-order valence-corrected chi connectivity index (χ0v) is 12.2. The molecule has 0 aliphatic heterocycles. The van der Waals surface area contributed by atoms with Crippen molar-refractivity contribution in [1.29, 1.82) is 0 Å². The summed E-state index contributed by atoms with van der Waals surface area (Å²) in [6, 6.07) is 18.6. The molecule has 0 aromatic heterocycles. The summed E-state index contributed by atoms with van der Waals surface area (Å²) in [5, 5.41) is 2.83. The fourth-order valence-corrected chi connectivity index (χ4v) is 2.25. The third-order valence-electron chi connectivity index (χ3n) is 3.38. The van der Waals surface area contributed by atoms with E-state index in [0.717, 1.165) is 24.9 Å². The Balaban J connectivity index is 1.78. The summed E-state index contributed by atoms with van der Waals surface area (Å²) < 4.78 is 0. The largest absolute Gasteiger partial charge is 0.330 e. The maximum atomic E-state index is 11.4. The molecule has 0 radical (unpaired) electrons. The van der Waals surface area contributed by atoms with Crippen molar-refractivity contribution in [2.45, 2.75) is 25.7 Å². The molecule has 2 aromatic carbocycles. The van der Waals surface area contributed by atoms with E-state index in [1.807, 2.05) is 18.2 Å². The highest BCUT2D eigenvalue weighted by atomic mass is 16.1. The van der Waals surface area contributed by atoms with Crippen molar-refractivity contribution >= 4 is 11.6 Å². The van der Waals surface area contributed by atoms with Crippen LogP contribution >= 0.6 is 0 Å². The number of aryl methyl sites for hydroxylation is 2. The molecule has 0 aliphatic carbocycles. The number of hydrogen-bond donors (Lipinski definition) is 2. The number of carbonyl (C=O) groups is 1. The van der Waals surface area contributed by atoms with E-state index in [1.54, 1.807) is 0 Å². The number of anilines is 1. The van der Waals surface area contributed by atoms with Crippen LogP contribution < -0.4 is 11.1 Å². The van der Waals surface area contributed by atoms with Crippen molar-refractivity contribution < 1.29 is 4.79 Å². The van der Waals surface area contributed by atoms with Gasteiger partial charge >= 0.3 is 0 Å². The van der Waals surface area contributed by atoms with Gasteiger partial charge in [-0.3, -0.25) is 4.79 Å². The Hall–Kier alpha value is -2.13. The maximum absolute atomic E-state index is 11.4. The number of hydrogen-bond acceptors (Lipinski definition) is 2. The number of rotatable bonds is 7. The molecule has 3 heteroatoms. The average Bonchev–Trinajstić information content (AvgIpc) is 2.50. The molecule has 1 amide bonds. The van der Waals surface area contributed by atoms with Crippen LogP contribution in [0.1, 0.15) is 24.0 Å². The van der Waals surface area contributed by atoms with E-state index in [1.165, 1.54) is 11.1 Å². The fourth-order valence-electron chi connectivity index (χ4n) is 2.25. The molecule has 0 bridgehead atoms. The normalized spacial score (nSPS) is 10.3. The lowest BCUT2D eigenvalue weighted by Crippen LogP contribution is -2.16. The van der Waals surface area contributed by atoms with Gasteiger partial charge < -0.3 is 11.1 Å². The van der Waals surface area contributed by atoms with E-state index in [9.17, 15) is 4.79 Å².